The van der Waals surface area contributed by atoms with Crippen molar-refractivity contribution in [1.82, 2.24) is 10.6 Å². The van der Waals surface area contributed by atoms with E-state index in [0.717, 1.165) is 12.5 Å². The topological polar surface area (TPSA) is 84.2 Å². The molecule has 0 heterocycles. The highest BCUT2D eigenvalue weighted by Gasteiger charge is 2.10. The van der Waals surface area contributed by atoms with Crippen molar-refractivity contribution < 1.29 is 14.0 Å². The molecule has 2 amide bonds. The predicted octanol–water partition coefficient (Wildman–Crippen LogP) is 0.392. The number of amides is 2. The van der Waals surface area contributed by atoms with Crippen molar-refractivity contribution >= 4 is 11.8 Å². The van der Waals surface area contributed by atoms with Gasteiger partial charge in [0.05, 0.1) is 18.7 Å². The Balaban J connectivity index is 2.63. The van der Waals surface area contributed by atoms with Gasteiger partial charge in [0, 0.05) is 12.1 Å². The maximum atomic E-state index is 13.7. The fraction of sp³-hybridized carbons (Fsp3) is 0.333. The zero-order valence-corrected chi connectivity index (χ0v) is 11.8. The summed E-state index contributed by atoms with van der Waals surface area (Å²) in [6.45, 7) is 2.47. The second kappa shape index (κ2) is 8.72. The lowest BCUT2D eigenvalue weighted by Crippen LogP contribution is -2.37. The molecule has 0 fully saturated rings. The lowest BCUT2D eigenvalue weighted by Gasteiger charge is -2.06. The van der Waals surface area contributed by atoms with E-state index in [4.69, 9.17) is 5.73 Å². The quantitative estimate of drug-likeness (QED) is 0.686. The maximum absolute atomic E-state index is 13.7. The van der Waals surface area contributed by atoms with Crippen LogP contribution in [0, 0.1) is 17.7 Å². The molecule has 0 aromatic heterocycles. The summed E-state index contributed by atoms with van der Waals surface area (Å²) < 4.78 is 13.7. The van der Waals surface area contributed by atoms with Crippen LogP contribution in [0.15, 0.2) is 18.2 Å². The fourth-order valence-electron chi connectivity index (χ4n) is 1.49. The van der Waals surface area contributed by atoms with Gasteiger partial charge in [-0.3, -0.25) is 9.59 Å². The highest BCUT2D eigenvalue weighted by atomic mass is 19.1. The van der Waals surface area contributed by atoms with Crippen LogP contribution in [-0.2, 0) is 4.79 Å². The van der Waals surface area contributed by atoms with Crippen molar-refractivity contribution in [2.75, 3.05) is 19.6 Å². The summed E-state index contributed by atoms with van der Waals surface area (Å²) in [6.07, 6.45) is 0.816. The van der Waals surface area contributed by atoms with Crippen LogP contribution < -0.4 is 16.4 Å². The van der Waals surface area contributed by atoms with E-state index in [1.165, 1.54) is 12.1 Å². The van der Waals surface area contributed by atoms with Crippen molar-refractivity contribution in [2.45, 2.75) is 13.3 Å². The van der Waals surface area contributed by atoms with Crippen molar-refractivity contribution in [3.63, 3.8) is 0 Å². The highest BCUT2D eigenvalue weighted by molar-refractivity contribution is 5.96. The van der Waals surface area contributed by atoms with Gasteiger partial charge in [0.15, 0.2) is 0 Å². The Morgan fingerprint density at radius 1 is 1.33 bits per heavy atom. The minimum Gasteiger partial charge on any atom is -0.355 e. The van der Waals surface area contributed by atoms with Gasteiger partial charge in [0.25, 0.3) is 5.91 Å². The van der Waals surface area contributed by atoms with Crippen LogP contribution >= 0.6 is 0 Å². The SMILES string of the molecule is CCCNC(=O)CNC(=O)c1ccc(C#CCN)c(F)c1. The molecule has 21 heavy (non-hydrogen) atoms. The molecule has 5 nitrogen and oxygen atoms in total. The monoisotopic (exact) mass is 291 g/mol. The Bertz CT molecular complexity index is 576. The van der Waals surface area contributed by atoms with Crippen LogP contribution in [-0.4, -0.2) is 31.4 Å². The summed E-state index contributed by atoms with van der Waals surface area (Å²) in [5.41, 5.74) is 5.52. The molecule has 0 aliphatic carbocycles. The average Bonchev–Trinajstić information content (AvgIpc) is 2.49. The molecule has 0 aliphatic rings. The lowest BCUT2D eigenvalue weighted by molar-refractivity contribution is -0.120. The highest BCUT2D eigenvalue weighted by Crippen LogP contribution is 2.09. The summed E-state index contributed by atoms with van der Waals surface area (Å²) in [5, 5.41) is 5.05. The molecule has 4 N–H and O–H groups in total. The number of hydrogen-bond donors (Lipinski definition) is 3. The average molecular weight is 291 g/mol. The zero-order chi connectivity index (χ0) is 15.7. The third-order valence-electron chi connectivity index (χ3n) is 2.54. The molecule has 0 spiro atoms. The first-order chi connectivity index (χ1) is 10.1. The first-order valence-corrected chi connectivity index (χ1v) is 6.61. The smallest absolute Gasteiger partial charge is 0.251 e. The molecule has 0 bridgehead atoms. The third-order valence-corrected chi connectivity index (χ3v) is 2.54. The standard InChI is InChI=1S/C15H18FN3O2/c1-2-8-18-14(20)10-19-15(21)12-6-5-11(4-3-7-17)13(16)9-12/h5-6,9H,2,7-8,10,17H2,1H3,(H,18,20)(H,19,21). The summed E-state index contributed by atoms with van der Waals surface area (Å²) in [6, 6.07) is 3.94. The van der Waals surface area contributed by atoms with E-state index in [1.54, 1.807) is 0 Å². The molecule has 0 atom stereocenters. The molecule has 0 aliphatic heterocycles. The van der Waals surface area contributed by atoms with E-state index in [-0.39, 0.29) is 30.1 Å². The number of nitrogens with two attached hydrogens (primary N) is 1. The molecule has 0 radical (unpaired) electrons. The summed E-state index contributed by atoms with van der Waals surface area (Å²) in [7, 11) is 0. The Labute approximate surface area is 123 Å². The third kappa shape index (κ3) is 5.63. The molecule has 1 rings (SSSR count). The number of carbonyl (C=O) groups is 2. The van der Waals surface area contributed by atoms with Crippen LogP contribution in [0.1, 0.15) is 29.3 Å². The van der Waals surface area contributed by atoms with Gasteiger partial charge in [-0.15, -0.1) is 0 Å². The van der Waals surface area contributed by atoms with E-state index in [2.05, 4.69) is 22.5 Å². The van der Waals surface area contributed by atoms with Gasteiger partial charge in [0.1, 0.15) is 5.82 Å². The number of nitrogens with one attached hydrogen (secondary N) is 2. The van der Waals surface area contributed by atoms with Gasteiger partial charge in [-0.05, 0) is 24.6 Å². The predicted molar refractivity (Wildman–Crippen MR) is 78.0 cm³/mol. The normalized spacial score (nSPS) is 9.48. The summed E-state index contributed by atoms with van der Waals surface area (Å²) in [5.74, 6) is 3.71. The molecular formula is C15H18FN3O2. The van der Waals surface area contributed by atoms with Crippen molar-refractivity contribution in [3.8, 4) is 11.8 Å². The second-order valence-electron chi connectivity index (χ2n) is 4.23. The second-order valence-corrected chi connectivity index (χ2v) is 4.23. The molecule has 6 heteroatoms. The van der Waals surface area contributed by atoms with Crippen molar-refractivity contribution in [1.29, 1.82) is 0 Å². The van der Waals surface area contributed by atoms with Crippen LogP contribution in [0.5, 0.6) is 0 Å². The Morgan fingerprint density at radius 3 is 2.71 bits per heavy atom. The minimum atomic E-state index is -0.598. The van der Waals surface area contributed by atoms with E-state index in [1.807, 2.05) is 6.92 Å². The molecule has 112 valence electrons. The summed E-state index contributed by atoms with van der Waals surface area (Å²) >= 11 is 0. The van der Waals surface area contributed by atoms with Gasteiger partial charge in [0.2, 0.25) is 5.91 Å². The van der Waals surface area contributed by atoms with E-state index in [9.17, 15) is 14.0 Å². The lowest BCUT2D eigenvalue weighted by atomic mass is 10.1. The van der Waals surface area contributed by atoms with Gasteiger partial charge in [-0.2, -0.15) is 0 Å². The molecular weight excluding hydrogens is 273 g/mol. The maximum Gasteiger partial charge on any atom is 0.251 e. The molecule has 1 aromatic rings. The first kappa shape index (κ1) is 16.7. The van der Waals surface area contributed by atoms with Gasteiger partial charge >= 0.3 is 0 Å². The number of halogens is 1. The first-order valence-electron chi connectivity index (χ1n) is 6.61. The Kier molecular flexibility index (Phi) is 6.92. The van der Waals surface area contributed by atoms with Crippen LogP contribution in [0.25, 0.3) is 0 Å². The number of rotatable bonds is 5. The zero-order valence-electron chi connectivity index (χ0n) is 11.8. The Morgan fingerprint density at radius 2 is 2.10 bits per heavy atom. The van der Waals surface area contributed by atoms with Gasteiger partial charge in [-0.1, -0.05) is 18.8 Å². The number of hydrogen-bond acceptors (Lipinski definition) is 3. The van der Waals surface area contributed by atoms with E-state index >= 15 is 0 Å². The number of carbonyl (C=O) groups excluding carboxylic acids is 2. The minimum absolute atomic E-state index is 0.133. The summed E-state index contributed by atoms with van der Waals surface area (Å²) in [4.78, 5) is 23.1. The van der Waals surface area contributed by atoms with E-state index in [0.29, 0.717) is 6.54 Å². The molecule has 1 aromatic carbocycles. The largest absolute Gasteiger partial charge is 0.355 e. The van der Waals surface area contributed by atoms with Crippen LogP contribution in [0.3, 0.4) is 0 Å². The van der Waals surface area contributed by atoms with Crippen molar-refractivity contribution in [2.24, 2.45) is 5.73 Å². The van der Waals surface area contributed by atoms with Crippen molar-refractivity contribution in [3.05, 3.63) is 35.1 Å². The van der Waals surface area contributed by atoms with E-state index < -0.39 is 11.7 Å². The Hall–Kier alpha value is -2.39. The van der Waals surface area contributed by atoms with Crippen LogP contribution in [0.4, 0.5) is 4.39 Å². The van der Waals surface area contributed by atoms with Gasteiger partial charge in [-0.25, -0.2) is 4.39 Å². The molecule has 0 unspecified atom stereocenters. The van der Waals surface area contributed by atoms with Gasteiger partial charge < -0.3 is 16.4 Å². The number of benzene rings is 1. The molecule has 0 saturated carbocycles. The fourth-order valence-corrected chi connectivity index (χ4v) is 1.49. The molecule has 0 saturated heterocycles. The van der Waals surface area contributed by atoms with Crippen LogP contribution in [0.2, 0.25) is 0 Å².